The minimum Gasteiger partial charge on any atom is -0.368 e. The van der Waals surface area contributed by atoms with Crippen LogP contribution in [-0.2, 0) is 13.0 Å². The molecular weight excluding hydrogens is 395 g/mol. The molecule has 1 aromatic carbocycles. The second kappa shape index (κ2) is 10.4. The maximum absolute atomic E-state index is 15.2. The maximum Gasteiger partial charge on any atom is 0.248 e. The average molecular weight is 428 g/mol. The number of aromatic nitrogens is 2. The first-order valence-corrected chi connectivity index (χ1v) is 10.7. The number of nitrogens with zero attached hydrogens (tertiary/aromatic N) is 6. The number of rotatable bonds is 7. The SMILES string of the molecule is CCC1CN(c2cc(CC(C)C)cc(F)c2/C(N=[NH2+])=N/N)CCN1Cc1cccnn1. The van der Waals surface area contributed by atoms with E-state index in [1.54, 1.807) is 6.20 Å². The molecule has 0 amide bonds. The van der Waals surface area contributed by atoms with Gasteiger partial charge in [0, 0.05) is 43.5 Å². The van der Waals surface area contributed by atoms with Gasteiger partial charge in [-0.25, -0.2) is 4.39 Å². The van der Waals surface area contributed by atoms with Gasteiger partial charge in [-0.15, -0.1) is 0 Å². The van der Waals surface area contributed by atoms with Crippen LogP contribution in [0.4, 0.5) is 10.1 Å². The Morgan fingerprint density at radius 1 is 1.35 bits per heavy atom. The van der Waals surface area contributed by atoms with Gasteiger partial charge >= 0.3 is 0 Å². The van der Waals surface area contributed by atoms with Gasteiger partial charge in [-0.3, -0.25) is 4.90 Å². The lowest BCUT2D eigenvalue weighted by atomic mass is 9.98. The van der Waals surface area contributed by atoms with E-state index < -0.39 is 5.82 Å². The van der Waals surface area contributed by atoms with E-state index in [-0.39, 0.29) is 17.4 Å². The molecule has 1 atom stereocenters. The van der Waals surface area contributed by atoms with Crippen molar-refractivity contribution >= 4 is 11.5 Å². The Kier molecular flexibility index (Phi) is 7.62. The standard InChI is InChI=1S/C22H31FN8/c1-4-18-14-31(9-8-30(18)13-17-6-5-7-26-29-17)20-12-16(10-15(2)3)11-19(23)21(20)22(27-24)28-25/h5-7,11-12,15,18,24H,4,8-10,13-14,25H2,1-3H3/p+1/b27-24?,28-22-. The molecule has 1 saturated heterocycles. The van der Waals surface area contributed by atoms with E-state index in [1.807, 2.05) is 18.2 Å². The van der Waals surface area contributed by atoms with Gasteiger partial charge in [-0.1, -0.05) is 20.8 Å². The second-order valence-corrected chi connectivity index (χ2v) is 8.35. The fourth-order valence-corrected chi connectivity index (χ4v) is 4.20. The number of piperazine rings is 1. The van der Waals surface area contributed by atoms with Gasteiger partial charge < -0.3 is 10.7 Å². The van der Waals surface area contributed by atoms with Crippen molar-refractivity contribution in [2.24, 2.45) is 22.0 Å². The van der Waals surface area contributed by atoms with Crippen LogP contribution >= 0.6 is 0 Å². The van der Waals surface area contributed by atoms with Crippen LogP contribution in [0, 0.1) is 11.7 Å². The number of hydrogen-bond donors (Lipinski definition) is 2. The highest BCUT2D eigenvalue weighted by molar-refractivity contribution is 6.04. The van der Waals surface area contributed by atoms with Crippen LogP contribution in [0.25, 0.3) is 0 Å². The third-order valence-electron chi connectivity index (χ3n) is 5.65. The quantitative estimate of drug-likeness (QED) is 0.230. The van der Waals surface area contributed by atoms with Crippen LogP contribution in [0.5, 0.6) is 0 Å². The molecule has 31 heavy (non-hydrogen) atoms. The summed E-state index contributed by atoms with van der Waals surface area (Å²) >= 11 is 0. The topological polar surface area (TPSA) is 109 Å². The smallest absolute Gasteiger partial charge is 0.248 e. The number of benzene rings is 1. The molecule has 1 aliphatic rings. The Hall–Kier alpha value is -2.94. The molecule has 2 heterocycles. The van der Waals surface area contributed by atoms with Gasteiger partial charge in [0.15, 0.2) is 0 Å². The highest BCUT2D eigenvalue weighted by atomic mass is 19.1. The van der Waals surface area contributed by atoms with E-state index in [4.69, 9.17) is 11.4 Å². The summed E-state index contributed by atoms with van der Waals surface area (Å²) in [5, 5.41) is 15.5. The third kappa shape index (κ3) is 5.41. The largest absolute Gasteiger partial charge is 0.368 e. The van der Waals surface area contributed by atoms with E-state index >= 15 is 4.39 Å². The van der Waals surface area contributed by atoms with Crippen molar-refractivity contribution in [3.05, 3.63) is 53.1 Å². The second-order valence-electron chi connectivity index (χ2n) is 8.35. The molecule has 1 unspecified atom stereocenters. The molecule has 1 fully saturated rings. The monoisotopic (exact) mass is 427 g/mol. The van der Waals surface area contributed by atoms with Crippen molar-refractivity contribution in [3.8, 4) is 0 Å². The van der Waals surface area contributed by atoms with E-state index in [9.17, 15) is 0 Å². The van der Waals surface area contributed by atoms with Gasteiger partial charge in [0.25, 0.3) is 0 Å². The number of amidine groups is 1. The molecule has 0 radical (unpaired) electrons. The van der Waals surface area contributed by atoms with Gasteiger partial charge in [-0.2, -0.15) is 20.8 Å². The Morgan fingerprint density at radius 2 is 2.16 bits per heavy atom. The van der Waals surface area contributed by atoms with Gasteiger partial charge in [0.1, 0.15) is 5.82 Å². The average Bonchev–Trinajstić information content (AvgIpc) is 2.76. The molecule has 0 bridgehead atoms. The Balaban J connectivity index is 1.92. The van der Waals surface area contributed by atoms with Crippen LogP contribution in [0.1, 0.15) is 44.0 Å². The molecule has 166 valence electrons. The summed E-state index contributed by atoms with van der Waals surface area (Å²) in [6.45, 7) is 9.43. The Bertz CT molecular complexity index is 915. The lowest BCUT2D eigenvalue weighted by Gasteiger charge is -2.42. The summed E-state index contributed by atoms with van der Waals surface area (Å²) in [6, 6.07) is 7.74. The summed E-state index contributed by atoms with van der Waals surface area (Å²) in [6.07, 6.45) is 3.42. The van der Waals surface area contributed by atoms with Crippen LogP contribution in [-0.4, -0.2) is 46.6 Å². The summed E-state index contributed by atoms with van der Waals surface area (Å²) in [7, 11) is 0. The van der Waals surface area contributed by atoms with E-state index in [0.29, 0.717) is 5.92 Å². The lowest BCUT2D eigenvalue weighted by Crippen LogP contribution is -2.53. The van der Waals surface area contributed by atoms with Crippen molar-refractivity contribution in [2.75, 3.05) is 24.5 Å². The molecule has 9 heteroatoms. The van der Waals surface area contributed by atoms with Gasteiger partial charge in [0.05, 0.1) is 16.9 Å². The summed E-state index contributed by atoms with van der Waals surface area (Å²) in [5.41, 5.74) is 8.36. The first kappa shape index (κ1) is 22.7. The fourth-order valence-electron chi connectivity index (χ4n) is 4.20. The number of anilines is 1. The van der Waals surface area contributed by atoms with Crippen molar-refractivity contribution in [1.82, 2.24) is 15.1 Å². The molecule has 4 N–H and O–H groups in total. The zero-order valence-electron chi connectivity index (χ0n) is 18.5. The van der Waals surface area contributed by atoms with Crippen molar-refractivity contribution < 1.29 is 9.92 Å². The summed E-state index contributed by atoms with van der Waals surface area (Å²) in [5.74, 6) is 5.49. The zero-order valence-corrected chi connectivity index (χ0v) is 18.5. The van der Waals surface area contributed by atoms with Crippen LogP contribution < -0.4 is 16.3 Å². The van der Waals surface area contributed by atoms with E-state index in [0.717, 1.165) is 56.0 Å². The zero-order chi connectivity index (χ0) is 22.4. The Labute approximate surface area is 182 Å². The minimum absolute atomic E-state index is 0.0126. The molecule has 0 spiro atoms. The molecule has 1 aliphatic heterocycles. The van der Waals surface area contributed by atoms with Crippen LogP contribution in [0.15, 0.2) is 40.7 Å². The summed E-state index contributed by atoms with van der Waals surface area (Å²) in [4.78, 5) is 4.60. The molecule has 1 aromatic heterocycles. The van der Waals surface area contributed by atoms with E-state index in [1.165, 1.54) is 6.07 Å². The highest BCUT2D eigenvalue weighted by Crippen LogP contribution is 2.30. The first-order valence-electron chi connectivity index (χ1n) is 10.7. The lowest BCUT2D eigenvalue weighted by molar-refractivity contribution is -0.206. The van der Waals surface area contributed by atoms with E-state index in [2.05, 4.69) is 51.0 Å². The van der Waals surface area contributed by atoms with Gasteiger partial charge in [0.2, 0.25) is 5.84 Å². The first-order chi connectivity index (χ1) is 15.0. The predicted molar refractivity (Wildman–Crippen MR) is 119 cm³/mol. The van der Waals surface area contributed by atoms with Crippen molar-refractivity contribution in [1.29, 1.82) is 0 Å². The fraction of sp³-hybridized carbons (Fsp3) is 0.500. The maximum atomic E-state index is 15.2. The van der Waals surface area contributed by atoms with Crippen molar-refractivity contribution in [3.63, 3.8) is 0 Å². The molecule has 2 aromatic rings. The Morgan fingerprint density at radius 3 is 2.77 bits per heavy atom. The normalized spacial score (nSPS) is 17.9. The molecule has 8 nitrogen and oxygen atoms in total. The minimum atomic E-state index is -0.401. The molecule has 0 saturated carbocycles. The van der Waals surface area contributed by atoms with Crippen LogP contribution in [0.2, 0.25) is 0 Å². The van der Waals surface area contributed by atoms with Crippen LogP contribution in [0.3, 0.4) is 0 Å². The number of hydrazone groups is 1. The predicted octanol–water partition coefficient (Wildman–Crippen LogP) is 1.75. The molecule has 3 rings (SSSR count). The number of hydrogen-bond acceptors (Lipinski definition) is 6. The molecule has 0 aliphatic carbocycles. The highest BCUT2D eigenvalue weighted by Gasteiger charge is 2.30. The van der Waals surface area contributed by atoms with Gasteiger partial charge in [-0.05, 0) is 48.6 Å². The molecular formula is C22H32FN8+. The van der Waals surface area contributed by atoms with Crippen molar-refractivity contribution in [2.45, 2.75) is 46.2 Å². The number of halogens is 1. The number of nitrogens with two attached hydrogens (primary N) is 2. The third-order valence-corrected chi connectivity index (χ3v) is 5.65. The summed E-state index contributed by atoms with van der Waals surface area (Å²) < 4.78 is 15.2.